The number of nitrogens with zero attached hydrogens (tertiary/aromatic N) is 1. The third kappa shape index (κ3) is 2.71. The fourth-order valence-corrected chi connectivity index (χ4v) is 2.72. The maximum absolute atomic E-state index is 5.64. The molecule has 1 atom stereocenters. The van der Waals surface area contributed by atoms with Crippen LogP contribution in [0.3, 0.4) is 0 Å². The predicted octanol–water partition coefficient (Wildman–Crippen LogP) is 1.23. The Morgan fingerprint density at radius 1 is 1.47 bits per heavy atom. The maximum atomic E-state index is 5.64. The molecule has 0 aromatic rings. The number of likely N-dealkylation sites (tertiary alicyclic amines) is 1. The summed E-state index contributed by atoms with van der Waals surface area (Å²) in [6, 6.07) is 0.764. The van der Waals surface area contributed by atoms with Crippen molar-refractivity contribution in [1.29, 1.82) is 0 Å². The van der Waals surface area contributed by atoms with E-state index in [0.29, 0.717) is 5.41 Å². The Morgan fingerprint density at radius 3 is 2.87 bits per heavy atom. The van der Waals surface area contributed by atoms with Gasteiger partial charge in [-0.1, -0.05) is 6.92 Å². The number of hydrogen-bond acceptors (Lipinski definition) is 3. The molecule has 0 aromatic heterocycles. The van der Waals surface area contributed by atoms with Gasteiger partial charge in [0.2, 0.25) is 0 Å². The molecular formula is C12H24N2O. The molecule has 0 aliphatic carbocycles. The minimum Gasteiger partial charge on any atom is -0.380 e. The van der Waals surface area contributed by atoms with Crippen molar-refractivity contribution in [2.75, 3.05) is 32.8 Å². The summed E-state index contributed by atoms with van der Waals surface area (Å²) >= 11 is 0. The van der Waals surface area contributed by atoms with Crippen LogP contribution in [0.5, 0.6) is 0 Å². The molecule has 2 fully saturated rings. The van der Waals surface area contributed by atoms with Gasteiger partial charge in [0.15, 0.2) is 0 Å². The van der Waals surface area contributed by atoms with Gasteiger partial charge >= 0.3 is 0 Å². The molecule has 0 bridgehead atoms. The minimum absolute atomic E-state index is 0.468. The highest BCUT2D eigenvalue weighted by molar-refractivity contribution is 4.85. The van der Waals surface area contributed by atoms with Crippen molar-refractivity contribution in [1.82, 2.24) is 4.90 Å². The second kappa shape index (κ2) is 4.81. The molecule has 88 valence electrons. The van der Waals surface area contributed by atoms with Crippen LogP contribution in [-0.2, 0) is 4.74 Å². The second-order valence-electron chi connectivity index (χ2n) is 5.46. The lowest BCUT2D eigenvalue weighted by molar-refractivity contribution is -0.108. The van der Waals surface area contributed by atoms with Crippen LogP contribution >= 0.6 is 0 Å². The Balaban J connectivity index is 1.73. The van der Waals surface area contributed by atoms with Gasteiger partial charge in [-0.25, -0.2) is 0 Å². The summed E-state index contributed by atoms with van der Waals surface area (Å²) in [5, 5.41) is 0. The lowest BCUT2D eigenvalue weighted by Gasteiger charge is -2.39. The van der Waals surface area contributed by atoms with Gasteiger partial charge in [-0.3, -0.25) is 0 Å². The molecule has 0 radical (unpaired) electrons. The van der Waals surface area contributed by atoms with Crippen LogP contribution in [0.4, 0.5) is 0 Å². The average molecular weight is 212 g/mol. The largest absolute Gasteiger partial charge is 0.380 e. The molecule has 0 spiro atoms. The molecule has 15 heavy (non-hydrogen) atoms. The molecule has 2 aliphatic rings. The van der Waals surface area contributed by atoms with Crippen molar-refractivity contribution < 1.29 is 4.74 Å². The van der Waals surface area contributed by atoms with Crippen LogP contribution in [0.15, 0.2) is 0 Å². The van der Waals surface area contributed by atoms with Crippen LogP contribution < -0.4 is 5.73 Å². The zero-order chi connectivity index (χ0) is 10.7. The van der Waals surface area contributed by atoms with Gasteiger partial charge < -0.3 is 15.4 Å². The number of hydrogen-bond donors (Lipinski definition) is 1. The normalized spacial score (nSPS) is 30.4. The Morgan fingerprint density at radius 2 is 2.27 bits per heavy atom. The van der Waals surface area contributed by atoms with Crippen molar-refractivity contribution in [3.05, 3.63) is 0 Å². The predicted molar refractivity (Wildman–Crippen MR) is 61.8 cm³/mol. The van der Waals surface area contributed by atoms with Crippen molar-refractivity contribution in [2.24, 2.45) is 11.1 Å². The van der Waals surface area contributed by atoms with Crippen LogP contribution in [0.2, 0.25) is 0 Å². The maximum Gasteiger partial charge on any atom is 0.0542 e. The van der Waals surface area contributed by atoms with Crippen LogP contribution in [0.25, 0.3) is 0 Å². The first kappa shape index (κ1) is 11.4. The molecule has 2 aliphatic heterocycles. The van der Waals surface area contributed by atoms with E-state index >= 15 is 0 Å². The van der Waals surface area contributed by atoms with Crippen molar-refractivity contribution in [2.45, 2.75) is 38.6 Å². The van der Waals surface area contributed by atoms with Gasteiger partial charge in [-0.05, 0) is 45.3 Å². The zero-order valence-electron chi connectivity index (χ0n) is 9.87. The molecular weight excluding hydrogens is 188 g/mol. The summed E-state index contributed by atoms with van der Waals surface area (Å²) in [5.41, 5.74) is 6.11. The summed E-state index contributed by atoms with van der Waals surface area (Å²) in [6.07, 6.45) is 5.17. The van der Waals surface area contributed by atoms with Crippen LogP contribution in [0, 0.1) is 5.41 Å². The second-order valence-corrected chi connectivity index (χ2v) is 5.46. The summed E-state index contributed by atoms with van der Waals surface area (Å²) in [7, 11) is 0. The van der Waals surface area contributed by atoms with E-state index in [9.17, 15) is 0 Å². The molecule has 0 saturated carbocycles. The molecule has 1 unspecified atom stereocenters. The first-order valence-electron chi connectivity index (χ1n) is 6.25. The lowest BCUT2D eigenvalue weighted by atomic mass is 9.85. The quantitative estimate of drug-likeness (QED) is 0.745. The van der Waals surface area contributed by atoms with E-state index in [-0.39, 0.29) is 0 Å². The van der Waals surface area contributed by atoms with E-state index in [1.807, 2.05) is 0 Å². The van der Waals surface area contributed by atoms with Gasteiger partial charge in [-0.15, -0.1) is 0 Å². The van der Waals surface area contributed by atoms with Crippen molar-refractivity contribution in [3.8, 4) is 0 Å². The average Bonchev–Trinajstić information content (AvgIpc) is 2.60. The van der Waals surface area contributed by atoms with E-state index in [2.05, 4.69) is 11.8 Å². The molecule has 0 aromatic carbocycles. The first-order chi connectivity index (χ1) is 7.23. The fraction of sp³-hybridized carbons (Fsp3) is 1.00. The van der Waals surface area contributed by atoms with Crippen molar-refractivity contribution >= 4 is 0 Å². The minimum atomic E-state index is 0.468. The molecule has 2 N–H and O–H groups in total. The lowest BCUT2D eigenvalue weighted by Crippen LogP contribution is -2.43. The SMILES string of the molecule is CC1(CCN2CCCC2CCN)COC1. The van der Waals surface area contributed by atoms with Crippen LogP contribution in [-0.4, -0.2) is 43.8 Å². The topological polar surface area (TPSA) is 38.5 Å². The molecule has 0 amide bonds. The van der Waals surface area contributed by atoms with E-state index in [1.54, 1.807) is 0 Å². The third-order valence-electron chi connectivity index (χ3n) is 3.90. The highest BCUT2D eigenvalue weighted by Crippen LogP contribution is 2.32. The smallest absolute Gasteiger partial charge is 0.0542 e. The summed E-state index contributed by atoms with van der Waals surface area (Å²) in [6.45, 7) is 7.61. The molecule has 2 rings (SSSR count). The third-order valence-corrected chi connectivity index (χ3v) is 3.90. The molecule has 2 saturated heterocycles. The van der Waals surface area contributed by atoms with Gasteiger partial charge in [0.05, 0.1) is 13.2 Å². The van der Waals surface area contributed by atoms with E-state index in [4.69, 9.17) is 10.5 Å². The number of ether oxygens (including phenoxy) is 1. The Hall–Kier alpha value is -0.120. The summed E-state index contributed by atoms with van der Waals surface area (Å²) in [4.78, 5) is 2.64. The van der Waals surface area contributed by atoms with E-state index in [0.717, 1.165) is 25.8 Å². The Labute approximate surface area is 93.0 Å². The summed E-state index contributed by atoms with van der Waals surface area (Å²) < 4.78 is 5.29. The molecule has 2 heterocycles. The molecule has 3 heteroatoms. The standard InChI is InChI=1S/C12H24N2O/c1-12(9-15-10-12)5-8-14-7-2-3-11(14)4-6-13/h11H,2-10,13H2,1H3. The monoisotopic (exact) mass is 212 g/mol. The van der Waals surface area contributed by atoms with Gasteiger partial charge in [-0.2, -0.15) is 0 Å². The number of nitrogens with two attached hydrogens (primary N) is 1. The van der Waals surface area contributed by atoms with E-state index < -0.39 is 0 Å². The zero-order valence-corrected chi connectivity index (χ0v) is 9.87. The Kier molecular flexibility index (Phi) is 3.65. The number of rotatable bonds is 5. The molecule has 3 nitrogen and oxygen atoms in total. The van der Waals surface area contributed by atoms with E-state index in [1.165, 1.54) is 38.8 Å². The van der Waals surface area contributed by atoms with Gasteiger partial charge in [0, 0.05) is 11.5 Å². The highest BCUT2D eigenvalue weighted by atomic mass is 16.5. The van der Waals surface area contributed by atoms with Crippen molar-refractivity contribution in [3.63, 3.8) is 0 Å². The van der Waals surface area contributed by atoms with Crippen LogP contribution in [0.1, 0.15) is 32.6 Å². The summed E-state index contributed by atoms with van der Waals surface area (Å²) in [5.74, 6) is 0. The fourth-order valence-electron chi connectivity index (χ4n) is 2.72. The Bertz CT molecular complexity index is 204. The van der Waals surface area contributed by atoms with Gasteiger partial charge in [0.25, 0.3) is 0 Å². The van der Waals surface area contributed by atoms with Gasteiger partial charge in [0.1, 0.15) is 0 Å². The first-order valence-corrected chi connectivity index (χ1v) is 6.25. The highest BCUT2D eigenvalue weighted by Gasteiger charge is 2.34.